The number of unbranched alkanes of at least 4 members (excludes halogenated alkanes) is 26. The second-order valence-corrected chi connectivity index (χ2v) is 14.2. The SMILES string of the molecule is CCCCCCCCCCCCC(CCCCCCCCCCCC)OC(=O)CCCCCCCC(O)CCCCCCC. The molecule has 0 saturated heterocycles. The summed E-state index contributed by atoms with van der Waals surface area (Å²) in [4.78, 5) is 12.7. The molecular weight excluding hydrogens is 540 g/mol. The Balaban J connectivity index is 4.08. The van der Waals surface area contributed by atoms with Crippen molar-refractivity contribution < 1.29 is 14.6 Å². The Kier molecular flexibility index (Phi) is 36.4. The number of ether oxygens (including phenoxy) is 1. The van der Waals surface area contributed by atoms with Crippen molar-refractivity contribution in [3.05, 3.63) is 0 Å². The molecule has 0 saturated carbocycles. The lowest BCUT2D eigenvalue weighted by Gasteiger charge is -2.18. The Bertz CT molecular complexity index is 524. The minimum absolute atomic E-state index is 0.0349. The topological polar surface area (TPSA) is 46.5 Å². The minimum Gasteiger partial charge on any atom is -0.462 e. The van der Waals surface area contributed by atoms with Crippen LogP contribution in [0.15, 0.2) is 0 Å². The zero-order chi connectivity index (χ0) is 32.2. The molecule has 3 nitrogen and oxygen atoms in total. The monoisotopic (exact) mass is 623 g/mol. The predicted octanol–water partition coefficient (Wildman–Crippen LogP) is 14.0. The fraction of sp³-hybridized carbons (Fsp3) is 0.976. The molecule has 0 aliphatic rings. The van der Waals surface area contributed by atoms with Crippen molar-refractivity contribution in [3.8, 4) is 0 Å². The van der Waals surface area contributed by atoms with Gasteiger partial charge >= 0.3 is 5.97 Å². The van der Waals surface area contributed by atoms with Gasteiger partial charge in [-0.1, -0.05) is 194 Å². The van der Waals surface area contributed by atoms with E-state index in [0.29, 0.717) is 6.42 Å². The van der Waals surface area contributed by atoms with Crippen LogP contribution in [0.4, 0.5) is 0 Å². The largest absolute Gasteiger partial charge is 0.462 e. The van der Waals surface area contributed by atoms with Gasteiger partial charge in [0.05, 0.1) is 6.10 Å². The van der Waals surface area contributed by atoms with Crippen molar-refractivity contribution in [1.29, 1.82) is 0 Å². The standard InChI is InChI=1S/C41H82O3/c1-4-7-10-13-15-17-19-21-26-31-36-40(37-32-27-22-20-18-16-14-11-8-5-2)44-41(43)38-33-28-23-25-30-35-39(42)34-29-24-12-9-6-3/h39-40,42H,4-38H2,1-3H3. The number of aliphatic hydroxyl groups is 1. The summed E-state index contributed by atoms with van der Waals surface area (Å²) in [6, 6.07) is 0. The normalized spacial score (nSPS) is 12.3. The number of aliphatic hydroxyl groups excluding tert-OH is 1. The van der Waals surface area contributed by atoms with Crippen molar-refractivity contribution in [2.24, 2.45) is 0 Å². The summed E-state index contributed by atoms with van der Waals surface area (Å²) in [6.45, 7) is 6.82. The quantitative estimate of drug-likeness (QED) is 0.0554. The van der Waals surface area contributed by atoms with Crippen molar-refractivity contribution in [3.63, 3.8) is 0 Å². The molecule has 0 bridgehead atoms. The van der Waals surface area contributed by atoms with Crippen LogP contribution in [0.5, 0.6) is 0 Å². The van der Waals surface area contributed by atoms with Gasteiger partial charge < -0.3 is 9.84 Å². The van der Waals surface area contributed by atoms with E-state index in [4.69, 9.17) is 4.74 Å². The van der Waals surface area contributed by atoms with Gasteiger partial charge in [-0.05, 0) is 44.9 Å². The van der Waals surface area contributed by atoms with Crippen LogP contribution < -0.4 is 0 Å². The van der Waals surface area contributed by atoms with Crippen LogP contribution in [-0.2, 0) is 9.53 Å². The average Bonchev–Trinajstić information content (AvgIpc) is 3.02. The molecule has 0 aromatic carbocycles. The number of carbonyl (C=O) groups excluding carboxylic acids is 1. The third-order valence-electron chi connectivity index (χ3n) is 9.62. The van der Waals surface area contributed by atoms with Crippen molar-refractivity contribution in [1.82, 2.24) is 0 Å². The molecule has 1 N–H and O–H groups in total. The molecule has 44 heavy (non-hydrogen) atoms. The van der Waals surface area contributed by atoms with Gasteiger partial charge in [-0.2, -0.15) is 0 Å². The zero-order valence-electron chi connectivity index (χ0n) is 30.7. The van der Waals surface area contributed by atoms with Crippen LogP contribution in [0, 0.1) is 0 Å². The highest BCUT2D eigenvalue weighted by Crippen LogP contribution is 2.19. The number of carbonyl (C=O) groups is 1. The molecule has 0 aromatic heterocycles. The molecule has 0 amide bonds. The van der Waals surface area contributed by atoms with Crippen LogP contribution in [-0.4, -0.2) is 23.3 Å². The lowest BCUT2D eigenvalue weighted by Crippen LogP contribution is -2.18. The van der Waals surface area contributed by atoms with Crippen LogP contribution in [0.25, 0.3) is 0 Å². The van der Waals surface area contributed by atoms with E-state index < -0.39 is 0 Å². The van der Waals surface area contributed by atoms with E-state index in [9.17, 15) is 9.90 Å². The molecule has 0 aliphatic carbocycles. The summed E-state index contributed by atoms with van der Waals surface area (Å²) in [6.07, 6.45) is 43.5. The maximum atomic E-state index is 12.7. The second-order valence-electron chi connectivity index (χ2n) is 14.2. The lowest BCUT2D eigenvalue weighted by atomic mass is 10.0. The Morgan fingerprint density at radius 2 is 0.682 bits per heavy atom. The first-order chi connectivity index (χ1) is 21.6. The summed E-state index contributed by atoms with van der Waals surface area (Å²) in [5, 5.41) is 10.2. The van der Waals surface area contributed by atoms with Gasteiger partial charge in [0.15, 0.2) is 0 Å². The van der Waals surface area contributed by atoms with Crippen molar-refractivity contribution in [2.75, 3.05) is 0 Å². The molecular formula is C41H82O3. The van der Waals surface area contributed by atoms with Gasteiger partial charge in [0.1, 0.15) is 6.10 Å². The average molecular weight is 623 g/mol. The van der Waals surface area contributed by atoms with Crippen LogP contribution in [0.1, 0.15) is 245 Å². The Morgan fingerprint density at radius 1 is 0.409 bits per heavy atom. The first-order valence-electron chi connectivity index (χ1n) is 20.5. The molecule has 1 atom stereocenters. The zero-order valence-corrected chi connectivity index (χ0v) is 30.7. The molecule has 0 rings (SSSR count). The molecule has 0 radical (unpaired) electrons. The smallest absolute Gasteiger partial charge is 0.306 e. The number of hydrogen-bond donors (Lipinski definition) is 1. The highest BCUT2D eigenvalue weighted by atomic mass is 16.5. The van der Waals surface area contributed by atoms with Crippen LogP contribution in [0.3, 0.4) is 0 Å². The molecule has 264 valence electrons. The molecule has 1 unspecified atom stereocenters. The summed E-state index contributed by atoms with van der Waals surface area (Å²) in [5.74, 6) is 0.0349. The molecule has 3 heteroatoms. The van der Waals surface area contributed by atoms with E-state index in [2.05, 4.69) is 20.8 Å². The fourth-order valence-corrected chi connectivity index (χ4v) is 6.53. The summed E-state index contributed by atoms with van der Waals surface area (Å²) >= 11 is 0. The Labute approximate surface area is 277 Å². The Hall–Kier alpha value is -0.570. The van der Waals surface area contributed by atoms with Crippen LogP contribution in [0.2, 0.25) is 0 Å². The van der Waals surface area contributed by atoms with Gasteiger partial charge in [-0.15, -0.1) is 0 Å². The number of hydrogen-bond acceptors (Lipinski definition) is 3. The summed E-state index contributed by atoms with van der Waals surface area (Å²) in [7, 11) is 0. The van der Waals surface area contributed by atoms with E-state index in [0.717, 1.165) is 51.4 Å². The Morgan fingerprint density at radius 3 is 1.02 bits per heavy atom. The lowest BCUT2D eigenvalue weighted by molar-refractivity contribution is -0.150. The fourth-order valence-electron chi connectivity index (χ4n) is 6.53. The van der Waals surface area contributed by atoms with Crippen LogP contribution >= 0.6 is 0 Å². The van der Waals surface area contributed by atoms with E-state index in [1.165, 1.54) is 167 Å². The number of rotatable bonds is 37. The first kappa shape index (κ1) is 43.4. The van der Waals surface area contributed by atoms with Gasteiger partial charge in [0.25, 0.3) is 0 Å². The van der Waals surface area contributed by atoms with Gasteiger partial charge in [-0.25, -0.2) is 0 Å². The molecule has 0 spiro atoms. The third-order valence-corrected chi connectivity index (χ3v) is 9.62. The van der Waals surface area contributed by atoms with E-state index in [1.54, 1.807) is 0 Å². The highest BCUT2D eigenvalue weighted by molar-refractivity contribution is 5.69. The van der Waals surface area contributed by atoms with Gasteiger partial charge in [0.2, 0.25) is 0 Å². The molecule has 0 fully saturated rings. The minimum atomic E-state index is -0.116. The second kappa shape index (κ2) is 36.9. The first-order valence-corrected chi connectivity index (χ1v) is 20.5. The van der Waals surface area contributed by atoms with Gasteiger partial charge in [0, 0.05) is 6.42 Å². The van der Waals surface area contributed by atoms with E-state index in [-0.39, 0.29) is 18.2 Å². The summed E-state index contributed by atoms with van der Waals surface area (Å²) in [5.41, 5.74) is 0. The molecule has 0 aliphatic heterocycles. The van der Waals surface area contributed by atoms with Crippen molar-refractivity contribution in [2.45, 2.75) is 258 Å². The predicted molar refractivity (Wildman–Crippen MR) is 195 cm³/mol. The van der Waals surface area contributed by atoms with E-state index in [1.807, 2.05) is 0 Å². The molecule has 0 heterocycles. The summed E-state index contributed by atoms with van der Waals surface area (Å²) < 4.78 is 6.06. The maximum absolute atomic E-state index is 12.7. The third kappa shape index (κ3) is 34.3. The number of esters is 1. The van der Waals surface area contributed by atoms with Gasteiger partial charge in [-0.3, -0.25) is 4.79 Å². The maximum Gasteiger partial charge on any atom is 0.306 e. The highest BCUT2D eigenvalue weighted by Gasteiger charge is 2.14. The van der Waals surface area contributed by atoms with Crippen molar-refractivity contribution >= 4 is 5.97 Å². The van der Waals surface area contributed by atoms with E-state index >= 15 is 0 Å². The molecule has 0 aromatic rings.